The number of carbonyl (C=O) groups is 1. The number of aryl methyl sites for hydroxylation is 1. The predicted octanol–water partition coefficient (Wildman–Crippen LogP) is 2.17. The van der Waals surface area contributed by atoms with Crippen molar-refractivity contribution in [2.45, 2.75) is 57.7 Å². The van der Waals surface area contributed by atoms with Crippen LogP contribution in [0.5, 0.6) is 0 Å². The van der Waals surface area contributed by atoms with E-state index in [0.717, 1.165) is 35.5 Å². The highest BCUT2D eigenvalue weighted by atomic mass is 16.2. The molecule has 2 aliphatic heterocycles. The Bertz CT molecular complexity index is 862. The Balaban J connectivity index is 1.53. The summed E-state index contributed by atoms with van der Waals surface area (Å²) in [4.78, 5) is 34.8. The van der Waals surface area contributed by atoms with E-state index in [1.165, 1.54) is 0 Å². The average Bonchev–Trinajstić information content (AvgIpc) is 2.96. The number of carbonyl (C=O) groups excluding carboxylic acids is 1. The van der Waals surface area contributed by atoms with E-state index in [0.29, 0.717) is 25.8 Å². The Morgan fingerprint density at radius 2 is 1.96 bits per heavy atom. The molecule has 0 aliphatic carbocycles. The molecule has 0 radical (unpaired) electrons. The Kier molecular flexibility index (Phi) is 4.49. The van der Waals surface area contributed by atoms with E-state index in [1.807, 2.05) is 42.2 Å². The van der Waals surface area contributed by atoms with Crippen molar-refractivity contribution in [1.29, 1.82) is 0 Å². The van der Waals surface area contributed by atoms with E-state index in [4.69, 9.17) is 0 Å². The molecule has 0 unspecified atom stereocenters. The standard InChI is InChI=1S/C20H24N4O2/c1-2-18-22-17-11-15-9-8-14(10-16(17)19(25)23-18)24(15)20(26)21-12-13-6-4-3-5-7-13/h3-7,14-15H,2,8-12H2,1H3,(H,21,26)(H,22,23,25)/t14-,15+/m1/s1. The number of H-pyrrole nitrogens is 1. The highest BCUT2D eigenvalue weighted by Crippen LogP contribution is 2.32. The van der Waals surface area contributed by atoms with Gasteiger partial charge in [0.1, 0.15) is 5.82 Å². The lowest BCUT2D eigenvalue weighted by atomic mass is 9.98. The average molecular weight is 352 g/mol. The Morgan fingerprint density at radius 1 is 1.23 bits per heavy atom. The fourth-order valence-electron chi connectivity index (χ4n) is 4.16. The molecule has 1 saturated heterocycles. The number of rotatable bonds is 3. The van der Waals surface area contributed by atoms with Crippen molar-refractivity contribution >= 4 is 6.03 Å². The summed E-state index contributed by atoms with van der Waals surface area (Å²) in [6.07, 6.45) is 3.88. The van der Waals surface area contributed by atoms with Gasteiger partial charge in [-0.2, -0.15) is 0 Å². The summed E-state index contributed by atoms with van der Waals surface area (Å²) in [5, 5.41) is 3.04. The zero-order valence-electron chi connectivity index (χ0n) is 15.0. The number of fused-ring (bicyclic) bond motifs is 3. The number of benzene rings is 1. The van der Waals surface area contributed by atoms with Gasteiger partial charge in [-0.1, -0.05) is 37.3 Å². The van der Waals surface area contributed by atoms with E-state index < -0.39 is 0 Å². The van der Waals surface area contributed by atoms with Gasteiger partial charge in [-0.25, -0.2) is 9.78 Å². The van der Waals surface area contributed by atoms with E-state index in [-0.39, 0.29) is 23.7 Å². The zero-order valence-corrected chi connectivity index (χ0v) is 15.0. The largest absolute Gasteiger partial charge is 0.334 e. The van der Waals surface area contributed by atoms with E-state index in [1.54, 1.807) is 0 Å². The highest BCUT2D eigenvalue weighted by molar-refractivity contribution is 5.75. The maximum Gasteiger partial charge on any atom is 0.318 e. The Hall–Kier alpha value is -2.63. The predicted molar refractivity (Wildman–Crippen MR) is 99.0 cm³/mol. The number of hydrogen-bond donors (Lipinski definition) is 2. The second kappa shape index (κ2) is 6.94. The van der Waals surface area contributed by atoms with Crippen molar-refractivity contribution in [2.75, 3.05) is 0 Å². The lowest BCUT2D eigenvalue weighted by Gasteiger charge is -2.28. The van der Waals surface area contributed by atoms with Crippen molar-refractivity contribution in [3.05, 3.63) is 63.3 Å². The molecule has 136 valence electrons. The van der Waals surface area contributed by atoms with Crippen LogP contribution in [-0.4, -0.2) is 33.0 Å². The molecule has 6 nitrogen and oxygen atoms in total. The van der Waals surface area contributed by atoms with Gasteiger partial charge >= 0.3 is 6.03 Å². The maximum absolute atomic E-state index is 12.9. The van der Waals surface area contributed by atoms with Crippen LogP contribution in [0.2, 0.25) is 0 Å². The summed E-state index contributed by atoms with van der Waals surface area (Å²) in [6, 6.07) is 10.1. The third kappa shape index (κ3) is 3.11. The molecule has 2 bridgehead atoms. The van der Waals surface area contributed by atoms with Crippen LogP contribution >= 0.6 is 0 Å². The first kappa shape index (κ1) is 16.8. The van der Waals surface area contributed by atoms with Crippen LogP contribution in [0, 0.1) is 0 Å². The van der Waals surface area contributed by atoms with Crippen molar-refractivity contribution in [3.63, 3.8) is 0 Å². The summed E-state index contributed by atoms with van der Waals surface area (Å²) in [5.41, 5.74) is 2.68. The summed E-state index contributed by atoms with van der Waals surface area (Å²) in [5.74, 6) is 0.728. The van der Waals surface area contributed by atoms with Crippen molar-refractivity contribution < 1.29 is 4.79 Å². The van der Waals surface area contributed by atoms with Gasteiger partial charge in [0.05, 0.1) is 5.69 Å². The van der Waals surface area contributed by atoms with Gasteiger partial charge in [0, 0.05) is 43.5 Å². The van der Waals surface area contributed by atoms with Crippen LogP contribution in [0.4, 0.5) is 4.79 Å². The monoisotopic (exact) mass is 352 g/mol. The second-order valence-electron chi connectivity index (χ2n) is 7.14. The molecular weight excluding hydrogens is 328 g/mol. The molecule has 0 spiro atoms. The lowest BCUT2D eigenvalue weighted by Crippen LogP contribution is -2.47. The number of nitrogens with zero attached hydrogens (tertiary/aromatic N) is 2. The third-order valence-corrected chi connectivity index (χ3v) is 5.49. The fourth-order valence-corrected chi connectivity index (χ4v) is 4.16. The molecule has 1 aromatic carbocycles. The summed E-state index contributed by atoms with van der Waals surface area (Å²) < 4.78 is 0. The topological polar surface area (TPSA) is 78.1 Å². The molecule has 1 aromatic heterocycles. The smallest absolute Gasteiger partial charge is 0.318 e. The highest BCUT2D eigenvalue weighted by Gasteiger charge is 2.40. The van der Waals surface area contributed by atoms with Gasteiger partial charge in [-0.05, 0) is 18.4 Å². The molecular formula is C20H24N4O2. The van der Waals surface area contributed by atoms with E-state index in [9.17, 15) is 9.59 Å². The molecule has 2 aromatic rings. The van der Waals surface area contributed by atoms with Crippen LogP contribution in [0.15, 0.2) is 35.1 Å². The normalized spacial score (nSPS) is 21.2. The van der Waals surface area contributed by atoms with Gasteiger partial charge in [0.2, 0.25) is 0 Å². The zero-order chi connectivity index (χ0) is 18.1. The van der Waals surface area contributed by atoms with Gasteiger partial charge < -0.3 is 15.2 Å². The van der Waals surface area contributed by atoms with Crippen molar-refractivity contribution in [2.24, 2.45) is 0 Å². The van der Waals surface area contributed by atoms with Gasteiger partial charge in [0.15, 0.2) is 0 Å². The number of hydrogen-bond acceptors (Lipinski definition) is 3. The Morgan fingerprint density at radius 3 is 2.69 bits per heavy atom. The first-order chi connectivity index (χ1) is 12.7. The molecule has 4 rings (SSSR count). The minimum atomic E-state index is -0.0405. The first-order valence-corrected chi connectivity index (χ1v) is 9.36. The molecule has 1 fully saturated rings. The second-order valence-corrected chi connectivity index (χ2v) is 7.14. The van der Waals surface area contributed by atoms with Gasteiger partial charge in [-0.15, -0.1) is 0 Å². The summed E-state index contributed by atoms with van der Waals surface area (Å²) in [7, 11) is 0. The molecule has 26 heavy (non-hydrogen) atoms. The van der Waals surface area contributed by atoms with Crippen molar-refractivity contribution in [3.8, 4) is 0 Å². The first-order valence-electron chi connectivity index (χ1n) is 9.36. The molecule has 3 heterocycles. The molecule has 6 heteroatoms. The molecule has 2 aliphatic rings. The molecule has 0 saturated carbocycles. The van der Waals surface area contributed by atoms with Crippen LogP contribution in [0.25, 0.3) is 0 Å². The number of aromatic nitrogens is 2. The minimum absolute atomic E-state index is 0.0379. The minimum Gasteiger partial charge on any atom is -0.334 e. The van der Waals surface area contributed by atoms with Gasteiger partial charge in [-0.3, -0.25) is 4.79 Å². The van der Waals surface area contributed by atoms with Crippen molar-refractivity contribution in [1.82, 2.24) is 20.2 Å². The lowest BCUT2D eigenvalue weighted by molar-refractivity contribution is 0.173. The van der Waals surface area contributed by atoms with E-state index in [2.05, 4.69) is 15.3 Å². The number of nitrogens with one attached hydrogen (secondary N) is 2. The van der Waals surface area contributed by atoms with Crippen LogP contribution < -0.4 is 10.9 Å². The van der Waals surface area contributed by atoms with E-state index >= 15 is 0 Å². The number of urea groups is 1. The molecule has 2 amide bonds. The fraction of sp³-hybridized carbons (Fsp3) is 0.450. The molecule has 2 atom stereocenters. The van der Waals surface area contributed by atoms with Gasteiger partial charge in [0.25, 0.3) is 5.56 Å². The third-order valence-electron chi connectivity index (χ3n) is 5.49. The summed E-state index contributed by atoms with van der Waals surface area (Å²) in [6.45, 7) is 2.50. The SMILES string of the molecule is CCc1nc2c(c(=O)[nH]1)C[C@H]1CC[C@@H](C2)N1C(=O)NCc1ccccc1. The van der Waals surface area contributed by atoms with Crippen LogP contribution in [0.1, 0.15) is 42.4 Å². The van der Waals surface area contributed by atoms with Crippen LogP contribution in [-0.2, 0) is 25.8 Å². The van der Waals surface area contributed by atoms with Crippen LogP contribution in [0.3, 0.4) is 0 Å². The number of amides is 2. The Labute approximate surface area is 152 Å². The number of aromatic amines is 1. The molecule has 2 N–H and O–H groups in total. The summed E-state index contributed by atoms with van der Waals surface area (Å²) >= 11 is 0. The maximum atomic E-state index is 12.9. The quantitative estimate of drug-likeness (QED) is 0.889.